The highest BCUT2D eigenvalue weighted by molar-refractivity contribution is 5.93. The van der Waals surface area contributed by atoms with E-state index in [0.29, 0.717) is 6.42 Å². The van der Waals surface area contributed by atoms with Crippen molar-refractivity contribution < 1.29 is 4.79 Å². The molecule has 1 aromatic rings. The Morgan fingerprint density at radius 3 is 3.00 bits per heavy atom. The molecule has 2 N–H and O–H groups in total. The van der Waals surface area contributed by atoms with Crippen molar-refractivity contribution in [1.29, 1.82) is 0 Å². The van der Waals surface area contributed by atoms with Gasteiger partial charge in [0.25, 0.3) is 0 Å². The summed E-state index contributed by atoms with van der Waals surface area (Å²) in [6.45, 7) is 1.79. The Morgan fingerprint density at radius 1 is 1.41 bits per heavy atom. The van der Waals surface area contributed by atoms with Gasteiger partial charge in [-0.05, 0) is 37.7 Å². The maximum atomic E-state index is 11.2. The van der Waals surface area contributed by atoms with Crippen LogP contribution in [-0.2, 0) is 17.8 Å². The molecule has 1 heterocycles. The van der Waals surface area contributed by atoms with Crippen LogP contribution in [0.5, 0.6) is 0 Å². The first-order chi connectivity index (χ1) is 8.19. The minimum absolute atomic E-state index is 0.123. The second-order valence-electron chi connectivity index (χ2n) is 4.57. The lowest BCUT2D eigenvalue weighted by Gasteiger charge is -2.20. The largest absolute Gasteiger partial charge is 0.326 e. The summed E-state index contributed by atoms with van der Waals surface area (Å²) in [7, 11) is 4.02. The SMILES string of the molecule is CNCN(C)Cc1ccc2c(c1)CCC(=O)N2. The lowest BCUT2D eigenvalue weighted by molar-refractivity contribution is -0.116. The van der Waals surface area contributed by atoms with Crippen molar-refractivity contribution >= 4 is 11.6 Å². The zero-order valence-corrected chi connectivity index (χ0v) is 10.4. The van der Waals surface area contributed by atoms with Gasteiger partial charge in [-0.15, -0.1) is 0 Å². The average molecular weight is 233 g/mol. The highest BCUT2D eigenvalue weighted by Crippen LogP contribution is 2.23. The van der Waals surface area contributed by atoms with Crippen molar-refractivity contribution in [3.63, 3.8) is 0 Å². The van der Waals surface area contributed by atoms with E-state index in [2.05, 4.69) is 34.7 Å². The fraction of sp³-hybridized carbons (Fsp3) is 0.462. The third-order valence-electron chi connectivity index (χ3n) is 2.95. The maximum Gasteiger partial charge on any atom is 0.224 e. The Kier molecular flexibility index (Phi) is 3.76. The van der Waals surface area contributed by atoms with Crippen molar-refractivity contribution in [3.8, 4) is 0 Å². The van der Waals surface area contributed by atoms with Crippen LogP contribution in [-0.4, -0.2) is 31.6 Å². The molecule has 0 aromatic heterocycles. The number of aryl methyl sites for hydroxylation is 1. The number of fused-ring (bicyclic) bond motifs is 1. The fourth-order valence-electron chi connectivity index (χ4n) is 2.17. The average Bonchev–Trinajstić information content (AvgIpc) is 2.29. The van der Waals surface area contributed by atoms with Gasteiger partial charge in [0.2, 0.25) is 5.91 Å². The minimum Gasteiger partial charge on any atom is -0.326 e. The number of nitrogens with zero attached hydrogens (tertiary/aromatic N) is 1. The van der Waals surface area contributed by atoms with Gasteiger partial charge < -0.3 is 10.6 Å². The smallest absolute Gasteiger partial charge is 0.224 e. The molecule has 2 rings (SSSR count). The number of rotatable bonds is 4. The molecular weight excluding hydrogens is 214 g/mol. The Hall–Kier alpha value is -1.39. The normalized spacial score (nSPS) is 14.6. The predicted molar refractivity (Wildman–Crippen MR) is 68.8 cm³/mol. The maximum absolute atomic E-state index is 11.2. The van der Waals surface area contributed by atoms with Crippen LogP contribution >= 0.6 is 0 Å². The summed E-state index contributed by atoms with van der Waals surface area (Å²) in [5.41, 5.74) is 3.51. The molecule has 4 nitrogen and oxygen atoms in total. The number of amides is 1. The number of hydrogen-bond acceptors (Lipinski definition) is 3. The molecule has 1 aliphatic heterocycles. The van der Waals surface area contributed by atoms with E-state index in [1.807, 2.05) is 13.1 Å². The van der Waals surface area contributed by atoms with Crippen LogP contribution in [0.2, 0.25) is 0 Å². The van der Waals surface area contributed by atoms with Crippen LogP contribution in [0.15, 0.2) is 18.2 Å². The van der Waals surface area contributed by atoms with Crippen molar-refractivity contribution in [2.75, 3.05) is 26.1 Å². The van der Waals surface area contributed by atoms with E-state index in [4.69, 9.17) is 0 Å². The molecule has 4 heteroatoms. The van der Waals surface area contributed by atoms with Crippen molar-refractivity contribution in [1.82, 2.24) is 10.2 Å². The van der Waals surface area contributed by atoms with Gasteiger partial charge in [-0.2, -0.15) is 0 Å². The number of benzene rings is 1. The van der Waals surface area contributed by atoms with E-state index in [1.54, 1.807) is 0 Å². The molecular formula is C13H19N3O. The lowest BCUT2D eigenvalue weighted by atomic mass is 10.0. The van der Waals surface area contributed by atoms with E-state index >= 15 is 0 Å². The van der Waals surface area contributed by atoms with Gasteiger partial charge in [-0.3, -0.25) is 9.69 Å². The zero-order valence-electron chi connectivity index (χ0n) is 10.4. The van der Waals surface area contributed by atoms with Gasteiger partial charge >= 0.3 is 0 Å². The standard InChI is InChI=1S/C13H19N3O/c1-14-9-16(2)8-10-3-5-12-11(7-10)4-6-13(17)15-12/h3,5,7,14H,4,6,8-9H2,1-2H3,(H,15,17). The summed E-state index contributed by atoms with van der Waals surface area (Å²) in [5, 5.41) is 6.03. The Bertz CT molecular complexity index is 417. The summed E-state index contributed by atoms with van der Waals surface area (Å²) < 4.78 is 0. The summed E-state index contributed by atoms with van der Waals surface area (Å²) in [5.74, 6) is 0.123. The van der Waals surface area contributed by atoms with Crippen molar-refractivity contribution in [2.24, 2.45) is 0 Å². The van der Waals surface area contributed by atoms with Crippen LogP contribution in [0.1, 0.15) is 17.5 Å². The zero-order chi connectivity index (χ0) is 12.3. The van der Waals surface area contributed by atoms with E-state index in [-0.39, 0.29) is 5.91 Å². The van der Waals surface area contributed by atoms with Gasteiger partial charge in [0.05, 0.1) is 0 Å². The highest BCUT2D eigenvalue weighted by atomic mass is 16.1. The molecule has 92 valence electrons. The van der Waals surface area contributed by atoms with Crippen LogP contribution in [0, 0.1) is 0 Å². The molecule has 0 aliphatic carbocycles. The van der Waals surface area contributed by atoms with Gasteiger partial charge in [-0.25, -0.2) is 0 Å². The third-order valence-corrected chi connectivity index (χ3v) is 2.95. The van der Waals surface area contributed by atoms with Gasteiger partial charge in [-0.1, -0.05) is 12.1 Å². The van der Waals surface area contributed by atoms with Gasteiger partial charge in [0.1, 0.15) is 0 Å². The first-order valence-electron chi connectivity index (χ1n) is 5.94. The Morgan fingerprint density at radius 2 is 2.24 bits per heavy atom. The van der Waals surface area contributed by atoms with E-state index < -0.39 is 0 Å². The number of carbonyl (C=O) groups excluding carboxylic acids is 1. The molecule has 1 aromatic carbocycles. The van der Waals surface area contributed by atoms with Crippen LogP contribution in [0.3, 0.4) is 0 Å². The molecule has 0 radical (unpaired) electrons. The topological polar surface area (TPSA) is 44.4 Å². The van der Waals surface area contributed by atoms with Gasteiger partial charge in [0.15, 0.2) is 0 Å². The lowest BCUT2D eigenvalue weighted by Crippen LogP contribution is -2.28. The van der Waals surface area contributed by atoms with Crippen LogP contribution in [0.4, 0.5) is 5.69 Å². The quantitative estimate of drug-likeness (QED) is 0.768. The van der Waals surface area contributed by atoms with Crippen LogP contribution in [0.25, 0.3) is 0 Å². The number of hydrogen-bond donors (Lipinski definition) is 2. The van der Waals surface area contributed by atoms with Crippen molar-refractivity contribution in [3.05, 3.63) is 29.3 Å². The number of nitrogens with one attached hydrogen (secondary N) is 2. The number of anilines is 1. The fourth-order valence-corrected chi connectivity index (χ4v) is 2.17. The second-order valence-corrected chi connectivity index (χ2v) is 4.57. The molecule has 1 aliphatic rings. The third kappa shape index (κ3) is 3.05. The number of carbonyl (C=O) groups is 1. The van der Waals surface area contributed by atoms with Gasteiger partial charge in [0, 0.05) is 25.3 Å². The highest BCUT2D eigenvalue weighted by Gasteiger charge is 2.14. The summed E-state index contributed by atoms with van der Waals surface area (Å²) >= 11 is 0. The molecule has 0 atom stereocenters. The van der Waals surface area contributed by atoms with E-state index in [1.165, 1.54) is 11.1 Å². The predicted octanol–water partition coefficient (Wildman–Crippen LogP) is 1.18. The molecule has 0 fully saturated rings. The molecule has 1 amide bonds. The molecule has 0 saturated heterocycles. The van der Waals surface area contributed by atoms with Crippen LogP contribution < -0.4 is 10.6 Å². The van der Waals surface area contributed by atoms with E-state index in [0.717, 1.165) is 25.3 Å². The summed E-state index contributed by atoms with van der Waals surface area (Å²) in [6, 6.07) is 6.28. The first-order valence-corrected chi connectivity index (χ1v) is 5.94. The first kappa shape index (κ1) is 12.1. The molecule has 0 bridgehead atoms. The molecule has 0 spiro atoms. The second kappa shape index (κ2) is 5.29. The summed E-state index contributed by atoms with van der Waals surface area (Å²) in [4.78, 5) is 13.5. The Labute approximate surface area is 102 Å². The molecule has 0 saturated carbocycles. The monoisotopic (exact) mass is 233 g/mol. The molecule has 0 unspecified atom stereocenters. The minimum atomic E-state index is 0.123. The Balaban J connectivity index is 2.08. The summed E-state index contributed by atoms with van der Waals surface area (Å²) in [6.07, 6.45) is 1.45. The molecule has 17 heavy (non-hydrogen) atoms. The van der Waals surface area contributed by atoms with E-state index in [9.17, 15) is 4.79 Å². The van der Waals surface area contributed by atoms with Crippen molar-refractivity contribution in [2.45, 2.75) is 19.4 Å².